The van der Waals surface area contributed by atoms with Crippen LogP contribution in [0.25, 0.3) is 5.69 Å². The summed E-state index contributed by atoms with van der Waals surface area (Å²) in [6.07, 6.45) is 0. The molecule has 0 radical (unpaired) electrons. The minimum absolute atomic E-state index is 0.139. The SMILES string of the molecule is Cc1ccc(C)n1-c1ccc(C(=O)Nc2nc(CN3CCOCC3)cs2)cc1. The summed E-state index contributed by atoms with van der Waals surface area (Å²) in [6.45, 7) is 8.32. The van der Waals surface area contributed by atoms with Crippen LogP contribution in [-0.2, 0) is 11.3 Å². The summed E-state index contributed by atoms with van der Waals surface area (Å²) in [6, 6.07) is 11.8. The highest BCUT2D eigenvalue weighted by Crippen LogP contribution is 2.20. The van der Waals surface area contributed by atoms with Crippen LogP contribution in [0.3, 0.4) is 0 Å². The van der Waals surface area contributed by atoms with E-state index in [4.69, 9.17) is 4.74 Å². The predicted molar refractivity (Wildman–Crippen MR) is 111 cm³/mol. The van der Waals surface area contributed by atoms with E-state index < -0.39 is 0 Å². The van der Waals surface area contributed by atoms with Crippen LogP contribution in [0.5, 0.6) is 0 Å². The molecule has 1 N–H and O–H groups in total. The lowest BCUT2D eigenvalue weighted by Crippen LogP contribution is -2.35. The van der Waals surface area contributed by atoms with E-state index in [0.717, 1.165) is 44.2 Å². The largest absolute Gasteiger partial charge is 0.379 e. The smallest absolute Gasteiger partial charge is 0.257 e. The summed E-state index contributed by atoms with van der Waals surface area (Å²) in [5.41, 5.74) is 5.00. The first-order valence-electron chi connectivity index (χ1n) is 9.41. The number of morpholine rings is 1. The molecule has 0 spiro atoms. The first kappa shape index (κ1) is 18.9. The van der Waals surface area contributed by atoms with Crippen LogP contribution in [0, 0.1) is 13.8 Å². The third-order valence-corrected chi connectivity index (χ3v) is 5.73. The predicted octanol–water partition coefficient (Wildman–Crippen LogP) is 3.64. The van der Waals surface area contributed by atoms with Crippen molar-refractivity contribution in [2.75, 3.05) is 31.6 Å². The Kier molecular flexibility index (Phi) is 5.57. The van der Waals surface area contributed by atoms with Gasteiger partial charge in [-0.25, -0.2) is 4.98 Å². The van der Waals surface area contributed by atoms with E-state index in [1.165, 1.54) is 22.7 Å². The summed E-state index contributed by atoms with van der Waals surface area (Å²) in [4.78, 5) is 19.4. The second-order valence-corrected chi connectivity index (χ2v) is 7.84. The quantitative estimate of drug-likeness (QED) is 0.715. The lowest BCUT2D eigenvalue weighted by atomic mass is 10.2. The molecule has 0 saturated carbocycles. The van der Waals surface area contributed by atoms with Crippen LogP contribution in [0.4, 0.5) is 5.13 Å². The molecule has 1 aliphatic rings. The van der Waals surface area contributed by atoms with E-state index in [2.05, 4.69) is 45.7 Å². The molecular formula is C21H24N4O2S. The Labute approximate surface area is 168 Å². The average molecular weight is 397 g/mol. The van der Waals surface area contributed by atoms with Crippen molar-refractivity contribution in [2.24, 2.45) is 0 Å². The van der Waals surface area contributed by atoms with Crippen LogP contribution in [0.15, 0.2) is 41.8 Å². The summed E-state index contributed by atoms with van der Waals surface area (Å²) < 4.78 is 7.54. The molecular weight excluding hydrogens is 372 g/mol. The summed E-state index contributed by atoms with van der Waals surface area (Å²) >= 11 is 1.46. The maximum Gasteiger partial charge on any atom is 0.257 e. The molecule has 1 aliphatic heterocycles. The zero-order valence-corrected chi connectivity index (χ0v) is 17.0. The first-order valence-corrected chi connectivity index (χ1v) is 10.3. The van der Waals surface area contributed by atoms with E-state index in [1.807, 2.05) is 29.6 Å². The van der Waals surface area contributed by atoms with Crippen LogP contribution in [0.2, 0.25) is 0 Å². The molecule has 28 heavy (non-hydrogen) atoms. The van der Waals surface area contributed by atoms with Crippen LogP contribution >= 0.6 is 11.3 Å². The molecule has 6 nitrogen and oxygen atoms in total. The van der Waals surface area contributed by atoms with Gasteiger partial charge in [0.25, 0.3) is 5.91 Å². The fourth-order valence-electron chi connectivity index (χ4n) is 3.43. The Hall–Kier alpha value is -2.48. The third-order valence-electron chi connectivity index (χ3n) is 4.92. The number of carbonyl (C=O) groups excluding carboxylic acids is 1. The van der Waals surface area contributed by atoms with Gasteiger partial charge in [-0.05, 0) is 50.2 Å². The standard InChI is InChI=1S/C21H24N4O2S/c1-15-3-4-16(2)25(15)19-7-5-17(6-8-19)20(26)23-21-22-18(14-28-21)13-24-9-11-27-12-10-24/h3-8,14H,9-13H2,1-2H3,(H,22,23,26). The van der Waals surface area contributed by atoms with Crippen LogP contribution in [-0.4, -0.2) is 46.7 Å². The number of rotatable bonds is 5. The number of ether oxygens (including phenoxy) is 1. The van der Waals surface area contributed by atoms with E-state index in [0.29, 0.717) is 10.7 Å². The Bertz CT molecular complexity index is 936. The monoisotopic (exact) mass is 396 g/mol. The second-order valence-electron chi connectivity index (χ2n) is 6.99. The van der Waals surface area contributed by atoms with Gasteiger partial charge >= 0.3 is 0 Å². The maximum atomic E-state index is 12.6. The van der Waals surface area contributed by atoms with Gasteiger partial charge in [-0.1, -0.05) is 0 Å². The van der Waals surface area contributed by atoms with Gasteiger partial charge in [0.15, 0.2) is 5.13 Å². The summed E-state index contributed by atoms with van der Waals surface area (Å²) in [7, 11) is 0. The fourth-order valence-corrected chi connectivity index (χ4v) is 4.13. The number of nitrogens with one attached hydrogen (secondary N) is 1. The van der Waals surface area contributed by atoms with Crippen molar-refractivity contribution >= 4 is 22.4 Å². The van der Waals surface area contributed by atoms with Gasteiger partial charge in [-0.2, -0.15) is 0 Å². The van der Waals surface area contributed by atoms with Crippen molar-refractivity contribution in [3.05, 3.63) is 64.4 Å². The summed E-state index contributed by atoms with van der Waals surface area (Å²) in [5, 5.41) is 5.55. The molecule has 1 saturated heterocycles. The highest BCUT2D eigenvalue weighted by atomic mass is 32.1. The van der Waals surface area contributed by atoms with Crippen molar-refractivity contribution in [2.45, 2.75) is 20.4 Å². The van der Waals surface area contributed by atoms with Gasteiger partial charge in [0.05, 0.1) is 18.9 Å². The number of anilines is 1. The van der Waals surface area contributed by atoms with Crippen molar-refractivity contribution < 1.29 is 9.53 Å². The molecule has 0 unspecified atom stereocenters. The van der Waals surface area contributed by atoms with Crippen molar-refractivity contribution in [1.29, 1.82) is 0 Å². The maximum absolute atomic E-state index is 12.6. The fraction of sp³-hybridized carbons (Fsp3) is 0.333. The number of hydrogen-bond donors (Lipinski definition) is 1. The zero-order chi connectivity index (χ0) is 19.5. The lowest BCUT2D eigenvalue weighted by molar-refractivity contribution is 0.0337. The van der Waals surface area contributed by atoms with Crippen molar-refractivity contribution in [1.82, 2.24) is 14.5 Å². The lowest BCUT2D eigenvalue weighted by Gasteiger charge is -2.25. The first-order chi connectivity index (χ1) is 13.6. The molecule has 1 fully saturated rings. The van der Waals surface area contributed by atoms with Crippen molar-refractivity contribution in [3.8, 4) is 5.69 Å². The van der Waals surface area contributed by atoms with E-state index >= 15 is 0 Å². The van der Waals surface area contributed by atoms with E-state index in [9.17, 15) is 4.79 Å². The van der Waals surface area contributed by atoms with Gasteiger partial charge < -0.3 is 9.30 Å². The highest BCUT2D eigenvalue weighted by molar-refractivity contribution is 7.13. The molecule has 0 atom stereocenters. The van der Waals surface area contributed by atoms with Crippen LogP contribution < -0.4 is 5.32 Å². The topological polar surface area (TPSA) is 59.4 Å². The highest BCUT2D eigenvalue weighted by Gasteiger charge is 2.14. The van der Waals surface area contributed by atoms with Gasteiger partial charge in [0.2, 0.25) is 0 Å². The number of carbonyl (C=O) groups is 1. The van der Waals surface area contributed by atoms with E-state index in [1.54, 1.807) is 0 Å². The van der Waals surface area contributed by atoms with Gasteiger partial charge in [0, 0.05) is 47.7 Å². The minimum Gasteiger partial charge on any atom is -0.379 e. The molecule has 146 valence electrons. The van der Waals surface area contributed by atoms with Gasteiger partial charge in [0.1, 0.15) is 0 Å². The number of aromatic nitrogens is 2. The van der Waals surface area contributed by atoms with Gasteiger partial charge in [-0.15, -0.1) is 11.3 Å². The summed E-state index contributed by atoms with van der Waals surface area (Å²) in [5.74, 6) is -0.139. The normalized spacial score (nSPS) is 14.9. The molecule has 1 aromatic carbocycles. The Morgan fingerprint density at radius 3 is 2.46 bits per heavy atom. The second kappa shape index (κ2) is 8.26. The molecule has 1 amide bonds. The number of benzene rings is 1. The number of nitrogens with zero attached hydrogens (tertiary/aromatic N) is 3. The minimum atomic E-state index is -0.139. The molecule has 3 aromatic rings. The average Bonchev–Trinajstić information content (AvgIpc) is 3.28. The Balaban J connectivity index is 1.40. The molecule has 0 aliphatic carbocycles. The zero-order valence-electron chi connectivity index (χ0n) is 16.1. The molecule has 0 bridgehead atoms. The number of hydrogen-bond acceptors (Lipinski definition) is 5. The number of thiazole rings is 1. The Morgan fingerprint density at radius 1 is 1.11 bits per heavy atom. The van der Waals surface area contributed by atoms with E-state index in [-0.39, 0.29) is 5.91 Å². The molecule has 2 aromatic heterocycles. The van der Waals surface area contributed by atoms with Crippen molar-refractivity contribution in [3.63, 3.8) is 0 Å². The molecule has 7 heteroatoms. The Morgan fingerprint density at radius 2 is 1.79 bits per heavy atom. The van der Waals surface area contributed by atoms with Crippen LogP contribution in [0.1, 0.15) is 27.4 Å². The number of amides is 1. The van der Waals surface area contributed by atoms with Gasteiger partial charge in [-0.3, -0.25) is 15.0 Å². The molecule has 3 heterocycles. The molecule has 4 rings (SSSR count). The number of aryl methyl sites for hydroxylation is 2. The third kappa shape index (κ3) is 4.16.